The fourth-order valence-electron chi connectivity index (χ4n) is 2.23. The Morgan fingerprint density at radius 1 is 0.917 bits per heavy atom. The molecule has 0 atom stereocenters. The third-order valence-electron chi connectivity index (χ3n) is 3.44. The second-order valence-electron chi connectivity index (χ2n) is 5.40. The van der Waals surface area contributed by atoms with Crippen LogP contribution < -0.4 is 10.1 Å². The number of anilines is 1. The molecule has 0 bridgehead atoms. The quantitative estimate of drug-likeness (QED) is 0.545. The highest BCUT2D eigenvalue weighted by Crippen LogP contribution is 2.22. The van der Waals surface area contributed by atoms with Gasteiger partial charge in [-0.15, -0.1) is 0 Å². The third-order valence-corrected chi connectivity index (χ3v) is 4.16. The van der Waals surface area contributed by atoms with E-state index in [9.17, 15) is 4.79 Å². The van der Waals surface area contributed by atoms with Crippen molar-refractivity contribution in [1.29, 1.82) is 0 Å². The minimum absolute atomic E-state index is 0.140. The standard InChI is InChI=1S/C20H16INO2/c1-14-3-2-4-19(13-14)24-18-11-5-15(6-12-18)20(23)22-17-9-7-16(21)8-10-17/h2-13H,1H3,(H,22,23). The minimum atomic E-state index is -0.140. The number of halogens is 1. The van der Waals surface area contributed by atoms with E-state index in [-0.39, 0.29) is 5.91 Å². The Balaban J connectivity index is 1.67. The highest BCUT2D eigenvalue weighted by Gasteiger charge is 2.06. The summed E-state index contributed by atoms with van der Waals surface area (Å²) >= 11 is 2.23. The van der Waals surface area contributed by atoms with Gasteiger partial charge in [-0.3, -0.25) is 4.79 Å². The molecule has 0 unspecified atom stereocenters. The molecule has 3 nitrogen and oxygen atoms in total. The summed E-state index contributed by atoms with van der Waals surface area (Å²) in [6.07, 6.45) is 0. The summed E-state index contributed by atoms with van der Waals surface area (Å²) in [6.45, 7) is 2.02. The molecular weight excluding hydrogens is 413 g/mol. The second-order valence-corrected chi connectivity index (χ2v) is 6.65. The van der Waals surface area contributed by atoms with Crippen LogP contribution in [0.1, 0.15) is 15.9 Å². The minimum Gasteiger partial charge on any atom is -0.457 e. The Morgan fingerprint density at radius 3 is 2.29 bits per heavy atom. The van der Waals surface area contributed by atoms with Crippen LogP contribution in [0, 0.1) is 10.5 Å². The first-order valence-electron chi connectivity index (χ1n) is 7.52. The third kappa shape index (κ3) is 4.35. The number of hydrogen-bond acceptors (Lipinski definition) is 2. The molecule has 3 rings (SSSR count). The van der Waals surface area contributed by atoms with E-state index in [1.165, 1.54) is 0 Å². The molecule has 0 fully saturated rings. The number of carbonyl (C=O) groups is 1. The molecule has 0 aromatic heterocycles. The van der Waals surface area contributed by atoms with Crippen LogP contribution in [-0.4, -0.2) is 5.91 Å². The highest BCUT2D eigenvalue weighted by atomic mass is 127. The lowest BCUT2D eigenvalue weighted by Gasteiger charge is -2.08. The van der Waals surface area contributed by atoms with E-state index in [0.717, 1.165) is 20.6 Å². The summed E-state index contributed by atoms with van der Waals surface area (Å²) in [7, 11) is 0. The van der Waals surface area contributed by atoms with Crippen molar-refractivity contribution in [3.8, 4) is 11.5 Å². The Hall–Kier alpha value is -2.34. The van der Waals surface area contributed by atoms with E-state index in [4.69, 9.17) is 4.74 Å². The first-order valence-corrected chi connectivity index (χ1v) is 8.59. The van der Waals surface area contributed by atoms with Gasteiger partial charge in [-0.1, -0.05) is 12.1 Å². The second kappa shape index (κ2) is 7.49. The molecule has 120 valence electrons. The van der Waals surface area contributed by atoms with E-state index >= 15 is 0 Å². The van der Waals surface area contributed by atoms with E-state index < -0.39 is 0 Å². The summed E-state index contributed by atoms with van der Waals surface area (Å²) in [6, 6.07) is 22.6. The van der Waals surface area contributed by atoms with Crippen LogP contribution in [0.3, 0.4) is 0 Å². The summed E-state index contributed by atoms with van der Waals surface area (Å²) in [5.41, 5.74) is 2.51. The van der Waals surface area contributed by atoms with Gasteiger partial charge in [0.25, 0.3) is 5.91 Å². The first-order chi connectivity index (χ1) is 11.6. The van der Waals surface area contributed by atoms with Crippen LogP contribution in [0.4, 0.5) is 5.69 Å². The van der Waals surface area contributed by atoms with E-state index in [1.54, 1.807) is 24.3 Å². The number of benzene rings is 3. The van der Waals surface area contributed by atoms with Crippen molar-refractivity contribution in [2.45, 2.75) is 6.92 Å². The highest BCUT2D eigenvalue weighted by molar-refractivity contribution is 14.1. The van der Waals surface area contributed by atoms with Crippen molar-refractivity contribution in [3.63, 3.8) is 0 Å². The molecule has 0 aliphatic carbocycles. The average molecular weight is 429 g/mol. The molecule has 0 saturated carbocycles. The Morgan fingerprint density at radius 2 is 1.62 bits per heavy atom. The number of rotatable bonds is 4. The van der Waals surface area contributed by atoms with E-state index in [0.29, 0.717) is 11.3 Å². The van der Waals surface area contributed by atoms with Gasteiger partial charge in [0.2, 0.25) is 0 Å². The lowest BCUT2D eigenvalue weighted by atomic mass is 10.2. The van der Waals surface area contributed by atoms with Gasteiger partial charge in [-0.05, 0) is 95.7 Å². The van der Waals surface area contributed by atoms with Gasteiger partial charge in [-0.25, -0.2) is 0 Å². The first kappa shape index (κ1) is 16.5. The zero-order chi connectivity index (χ0) is 16.9. The van der Waals surface area contributed by atoms with E-state index in [1.807, 2.05) is 55.5 Å². The molecule has 0 radical (unpaired) electrons. The average Bonchev–Trinajstić information content (AvgIpc) is 2.57. The molecule has 0 spiro atoms. The zero-order valence-electron chi connectivity index (χ0n) is 13.1. The maximum Gasteiger partial charge on any atom is 0.255 e. The monoisotopic (exact) mass is 429 g/mol. The van der Waals surface area contributed by atoms with Gasteiger partial charge in [0.15, 0.2) is 0 Å². The molecule has 0 aliphatic heterocycles. The summed E-state index contributed by atoms with van der Waals surface area (Å²) in [4.78, 5) is 12.3. The summed E-state index contributed by atoms with van der Waals surface area (Å²) in [5, 5.41) is 2.88. The number of nitrogens with one attached hydrogen (secondary N) is 1. The van der Waals surface area contributed by atoms with Gasteiger partial charge in [0, 0.05) is 14.8 Å². The van der Waals surface area contributed by atoms with E-state index in [2.05, 4.69) is 27.9 Å². The Bertz CT molecular complexity index is 842. The number of carbonyl (C=O) groups excluding carboxylic acids is 1. The molecular formula is C20H16INO2. The fourth-order valence-corrected chi connectivity index (χ4v) is 2.59. The number of ether oxygens (including phenoxy) is 1. The van der Waals surface area contributed by atoms with Crippen molar-refractivity contribution in [3.05, 3.63) is 87.5 Å². The smallest absolute Gasteiger partial charge is 0.255 e. The van der Waals surface area contributed by atoms with Crippen LogP contribution in [-0.2, 0) is 0 Å². The maximum absolute atomic E-state index is 12.3. The predicted molar refractivity (Wildman–Crippen MR) is 105 cm³/mol. The molecule has 0 heterocycles. The lowest BCUT2D eigenvalue weighted by molar-refractivity contribution is 0.102. The molecule has 4 heteroatoms. The van der Waals surface area contributed by atoms with Gasteiger partial charge < -0.3 is 10.1 Å². The molecule has 0 aliphatic rings. The summed E-state index contributed by atoms with van der Waals surface area (Å²) < 4.78 is 6.92. The zero-order valence-corrected chi connectivity index (χ0v) is 15.3. The van der Waals surface area contributed by atoms with Crippen LogP contribution in [0.15, 0.2) is 72.8 Å². The number of amides is 1. The molecule has 3 aromatic carbocycles. The van der Waals surface area contributed by atoms with Gasteiger partial charge in [0.1, 0.15) is 11.5 Å². The van der Waals surface area contributed by atoms with Crippen molar-refractivity contribution < 1.29 is 9.53 Å². The maximum atomic E-state index is 12.3. The lowest BCUT2D eigenvalue weighted by Crippen LogP contribution is -2.11. The van der Waals surface area contributed by atoms with Gasteiger partial charge >= 0.3 is 0 Å². The molecule has 1 amide bonds. The van der Waals surface area contributed by atoms with Gasteiger partial charge in [-0.2, -0.15) is 0 Å². The van der Waals surface area contributed by atoms with Crippen LogP contribution in [0.2, 0.25) is 0 Å². The van der Waals surface area contributed by atoms with Crippen molar-refractivity contribution in [2.75, 3.05) is 5.32 Å². The Kier molecular flexibility index (Phi) is 5.15. The van der Waals surface area contributed by atoms with Gasteiger partial charge in [0.05, 0.1) is 0 Å². The van der Waals surface area contributed by atoms with Crippen molar-refractivity contribution in [2.24, 2.45) is 0 Å². The Labute approximate surface area is 154 Å². The molecule has 0 saturated heterocycles. The summed E-state index contributed by atoms with van der Waals surface area (Å²) in [5.74, 6) is 1.34. The topological polar surface area (TPSA) is 38.3 Å². The SMILES string of the molecule is Cc1cccc(Oc2ccc(C(=O)Nc3ccc(I)cc3)cc2)c1. The van der Waals surface area contributed by atoms with Crippen LogP contribution in [0.5, 0.6) is 11.5 Å². The van der Waals surface area contributed by atoms with Crippen LogP contribution in [0.25, 0.3) is 0 Å². The molecule has 24 heavy (non-hydrogen) atoms. The normalized spacial score (nSPS) is 10.2. The largest absolute Gasteiger partial charge is 0.457 e. The molecule has 3 aromatic rings. The number of hydrogen-bond donors (Lipinski definition) is 1. The van der Waals surface area contributed by atoms with Crippen molar-refractivity contribution in [1.82, 2.24) is 0 Å². The van der Waals surface area contributed by atoms with Crippen LogP contribution >= 0.6 is 22.6 Å². The van der Waals surface area contributed by atoms with Crippen molar-refractivity contribution >= 4 is 34.2 Å². The molecule has 1 N–H and O–H groups in total. The number of aryl methyl sites for hydroxylation is 1. The predicted octanol–water partition coefficient (Wildman–Crippen LogP) is 5.64. The fraction of sp³-hybridized carbons (Fsp3) is 0.0500.